The summed E-state index contributed by atoms with van der Waals surface area (Å²) in [7, 11) is 0. The van der Waals surface area contributed by atoms with E-state index in [1.54, 1.807) is 0 Å². The molecule has 0 atom stereocenters. The zero-order valence-corrected chi connectivity index (χ0v) is 13.3. The Balaban J connectivity index is 1.58. The van der Waals surface area contributed by atoms with E-state index >= 15 is 0 Å². The second-order valence-electron chi connectivity index (χ2n) is 7.56. The minimum Gasteiger partial charge on any atom is -0.192 e. The van der Waals surface area contributed by atoms with Gasteiger partial charge in [0.25, 0.3) is 0 Å². The fourth-order valence-electron chi connectivity index (χ4n) is 4.78. The van der Waals surface area contributed by atoms with Gasteiger partial charge >= 0.3 is 0 Å². The van der Waals surface area contributed by atoms with E-state index in [9.17, 15) is 0 Å². The summed E-state index contributed by atoms with van der Waals surface area (Å²) in [6, 6.07) is 10.4. The van der Waals surface area contributed by atoms with Crippen LogP contribution in [0, 0.1) is 22.2 Å². The Morgan fingerprint density at radius 1 is 0.905 bits per heavy atom. The minimum atomic E-state index is 0.642. The molecule has 0 saturated heterocycles. The Morgan fingerprint density at radius 2 is 1.43 bits per heavy atom. The number of fused-ring (bicyclic) bond motifs is 3. The molecule has 2 bridgehead atoms. The quantitative estimate of drug-likeness (QED) is 0.686. The lowest BCUT2D eigenvalue weighted by atomic mass is 9.51. The lowest BCUT2D eigenvalue weighted by Gasteiger charge is -2.54. The summed E-state index contributed by atoms with van der Waals surface area (Å²) >= 11 is 0. The number of nitriles is 1. The third kappa shape index (κ3) is 3.00. The van der Waals surface area contributed by atoms with E-state index in [2.05, 4.69) is 25.1 Å². The first-order chi connectivity index (χ1) is 10.2. The highest BCUT2D eigenvalue weighted by Gasteiger charge is 2.47. The Morgan fingerprint density at radius 3 is 1.90 bits per heavy atom. The van der Waals surface area contributed by atoms with Gasteiger partial charge in [-0.25, -0.2) is 0 Å². The van der Waals surface area contributed by atoms with Crippen LogP contribution in [0.2, 0.25) is 0 Å². The number of hydrogen-bond donors (Lipinski definition) is 0. The van der Waals surface area contributed by atoms with E-state index < -0.39 is 0 Å². The van der Waals surface area contributed by atoms with Crippen LogP contribution in [0.4, 0.5) is 0 Å². The normalized spacial score (nSPS) is 31.0. The first-order valence-corrected chi connectivity index (χ1v) is 8.68. The third-order valence-electron chi connectivity index (χ3n) is 6.36. The lowest BCUT2D eigenvalue weighted by molar-refractivity contribution is -0.0194. The van der Waals surface area contributed by atoms with Crippen LogP contribution in [0.15, 0.2) is 24.3 Å². The number of rotatable bonds is 5. The molecule has 0 radical (unpaired) electrons. The minimum absolute atomic E-state index is 0.642. The van der Waals surface area contributed by atoms with Crippen molar-refractivity contribution in [1.29, 1.82) is 5.26 Å². The van der Waals surface area contributed by atoms with Gasteiger partial charge in [-0.1, -0.05) is 25.5 Å². The van der Waals surface area contributed by atoms with Gasteiger partial charge in [0.1, 0.15) is 0 Å². The molecule has 0 aliphatic heterocycles. The second-order valence-corrected chi connectivity index (χ2v) is 7.56. The Kier molecular flexibility index (Phi) is 4.07. The molecule has 0 spiro atoms. The smallest absolute Gasteiger partial charge is 0.0991 e. The van der Waals surface area contributed by atoms with E-state index in [0.717, 1.165) is 11.0 Å². The van der Waals surface area contributed by atoms with Gasteiger partial charge in [-0.05, 0) is 86.3 Å². The largest absolute Gasteiger partial charge is 0.192 e. The van der Waals surface area contributed by atoms with Gasteiger partial charge in [-0.2, -0.15) is 5.26 Å². The van der Waals surface area contributed by atoms with Crippen molar-refractivity contribution in [2.24, 2.45) is 10.8 Å². The molecule has 1 nitrogen and oxygen atoms in total. The molecule has 0 amide bonds. The predicted molar refractivity (Wildman–Crippen MR) is 87.0 cm³/mol. The Bertz CT molecular complexity index is 495. The van der Waals surface area contributed by atoms with Crippen LogP contribution in [0.3, 0.4) is 0 Å². The van der Waals surface area contributed by atoms with Gasteiger partial charge in [0, 0.05) is 0 Å². The van der Waals surface area contributed by atoms with Crippen molar-refractivity contribution in [3.05, 3.63) is 35.4 Å². The third-order valence-corrected chi connectivity index (χ3v) is 6.36. The molecule has 0 N–H and O–H groups in total. The highest BCUT2D eigenvalue weighted by molar-refractivity contribution is 5.31. The maximum atomic E-state index is 8.86. The highest BCUT2D eigenvalue weighted by atomic mass is 14.5. The summed E-state index contributed by atoms with van der Waals surface area (Å²) in [4.78, 5) is 0. The summed E-state index contributed by atoms with van der Waals surface area (Å²) in [5.74, 6) is 0. The van der Waals surface area contributed by atoms with Crippen LogP contribution in [0.25, 0.3) is 0 Å². The van der Waals surface area contributed by atoms with E-state index in [0.29, 0.717) is 5.41 Å². The first kappa shape index (κ1) is 14.6. The molecular weight excluding hydrogens is 254 g/mol. The van der Waals surface area contributed by atoms with Crippen molar-refractivity contribution in [1.82, 2.24) is 0 Å². The SMILES string of the molecule is CCCC12CCC(CCc3ccc(C#N)cc3)(CC1)CC2. The molecule has 3 fully saturated rings. The molecule has 1 aromatic rings. The fourth-order valence-corrected chi connectivity index (χ4v) is 4.78. The van der Waals surface area contributed by atoms with E-state index in [1.807, 2.05) is 12.1 Å². The van der Waals surface area contributed by atoms with Crippen LogP contribution < -0.4 is 0 Å². The average molecular weight is 281 g/mol. The summed E-state index contributed by atoms with van der Waals surface area (Å²) in [6.07, 6.45) is 14.2. The van der Waals surface area contributed by atoms with Gasteiger partial charge in [0.2, 0.25) is 0 Å². The van der Waals surface area contributed by atoms with Crippen LogP contribution >= 0.6 is 0 Å². The van der Waals surface area contributed by atoms with Crippen molar-refractivity contribution in [3.8, 4) is 6.07 Å². The first-order valence-electron chi connectivity index (χ1n) is 8.68. The maximum absolute atomic E-state index is 8.86. The molecule has 112 valence electrons. The standard InChI is InChI=1S/C20H27N/c1-2-8-19-10-13-20(14-11-19,15-12-19)9-7-17-3-5-18(16-21)6-4-17/h3-6H,2,7-15H2,1H3. The van der Waals surface area contributed by atoms with Crippen LogP contribution in [0.1, 0.15) is 75.8 Å². The topological polar surface area (TPSA) is 23.8 Å². The molecule has 0 heterocycles. The van der Waals surface area contributed by atoms with Gasteiger partial charge in [0.15, 0.2) is 0 Å². The van der Waals surface area contributed by atoms with Crippen molar-refractivity contribution < 1.29 is 0 Å². The van der Waals surface area contributed by atoms with Crippen molar-refractivity contribution in [3.63, 3.8) is 0 Å². The summed E-state index contributed by atoms with van der Waals surface area (Å²) in [5, 5.41) is 8.86. The van der Waals surface area contributed by atoms with Crippen molar-refractivity contribution >= 4 is 0 Å². The summed E-state index contributed by atoms with van der Waals surface area (Å²) in [5.41, 5.74) is 3.55. The summed E-state index contributed by atoms with van der Waals surface area (Å²) in [6.45, 7) is 2.34. The molecular formula is C20H27N. The van der Waals surface area contributed by atoms with Crippen LogP contribution in [-0.4, -0.2) is 0 Å². The molecule has 3 aliphatic carbocycles. The Hall–Kier alpha value is -1.29. The monoisotopic (exact) mass is 281 g/mol. The molecule has 3 aliphatic rings. The second kappa shape index (κ2) is 5.84. The predicted octanol–water partition coefficient (Wildman–Crippen LogP) is 5.63. The molecule has 0 aromatic heterocycles. The van der Waals surface area contributed by atoms with Gasteiger partial charge in [-0.3, -0.25) is 0 Å². The molecule has 0 unspecified atom stereocenters. The van der Waals surface area contributed by atoms with Gasteiger partial charge in [-0.15, -0.1) is 0 Å². The fraction of sp³-hybridized carbons (Fsp3) is 0.650. The molecule has 3 saturated carbocycles. The Labute approximate surface area is 129 Å². The van der Waals surface area contributed by atoms with Crippen LogP contribution in [-0.2, 0) is 6.42 Å². The van der Waals surface area contributed by atoms with Gasteiger partial charge < -0.3 is 0 Å². The van der Waals surface area contributed by atoms with Gasteiger partial charge in [0.05, 0.1) is 11.6 Å². The zero-order valence-electron chi connectivity index (χ0n) is 13.3. The number of aryl methyl sites for hydroxylation is 1. The molecule has 4 rings (SSSR count). The molecule has 1 aromatic carbocycles. The van der Waals surface area contributed by atoms with Crippen molar-refractivity contribution in [2.45, 2.75) is 71.1 Å². The zero-order chi connectivity index (χ0) is 14.8. The molecule has 1 heteroatoms. The highest BCUT2D eigenvalue weighted by Crippen LogP contribution is 2.60. The van der Waals surface area contributed by atoms with Crippen molar-refractivity contribution in [2.75, 3.05) is 0 Å². The number of hydrogen-bond acceptors (Lipinski definition) is 1. The van der Waals surface area contributed by atoms with E-state index in [4.69, 9.17) is 5.26 Å². The number of nitrogens with zero attached hydrogens (tertiary/aromatic N) is 1. The summed E-state index contributed by atoms with van der Waals surface area (Å²) < 4.78 is 0. The van der Waals surface area contributed by atoms with Crippen LogP contribution in [0.5, 0.6) is 0 Å². The van der Waals surface area contributed by atoms with E-state index in [1.165, 1.54) is 69.8 Å². The van der Waals surface area contributed by atoms with E-state index in [-0.39, 0.29) is 0 Å². The number of benzene rings is 1. The maximum Gasteiger partial charge on any atom is 0.0991 e. The average Bonchev–Trinajstić information content (AvgIpc) is 2.55. The lowest BCUT2D eigenvalue weighted by Crippen LogP contribution is -2.41. The molecule has 21 heavy (non-hydrogen) atoms.